The van der Waals surface area contributed by atoms with Gasteiger partial charge in [-0.15, -0.1) is 0 Å². The molecule has 5 nitrogen and oxygen atoms in total. The van der Waals surface area contributed by atoms with E-state index in [-0.39, 0.29) is 10.6 Å². The van der Waals surface area contributed by atoms with Gasteiger partial charge in [-0.25, -0.2) is 4.79 Å². The Labute approximate surface area is 155 Å². The third-order valence-electron chi connectivity index (χ3n) is 3.26. The maximum Gasteiger partial charge on any atom is 0.338 e. The molecule has 0 saturated heterocycles. The summed E-state index contributed by atoms with van der Waals surface area (Å²) in [5.74, 6) is -0.458. The van der Waals surface area contributed by atoms with Crippen molar-refractivity contribution in [3.8, 4) is 11.5 Å². The lowest BCUT2D eigenvalue weighted by Gasteiger charge is -2.13. The second-order valence-electron chi connectivity index (χ2n) is 4.90. The van der Waals surface area contributed by atoms with Gasteiger partial charge in [0.2, 0.25) is 5.78 Å². The summed E-state index contributed by atoms with van der Waals surface area (Å²) in [7, 11) is 1.43. The van der Waals surface area contributed by atoms with E-state index in [4.69, 9.17) is 37.4 Å². The quantitative estimate of drug-likeness (QED) is 0.523. The molecule has 0 aliphatic carbocycles. The Balaban J connectivity index is 2.12. The fourth-order valence-corrected chi connectivity index (χ4v) is 2.61. The lowest BCUT2D eigenvalue weighted by molar-refractivity contribution is 0.0474. The van der Waals surface area contributed by atoms with E-state index in [0.29, 0.717) is 28.7 Å². The zero-order valence-electron chi connectivity index (χ0n) is 13.7. The summed E-state index contributed by atoms with van der Waals surface area (Å²) in [6.45, 7) is 1.76. The van der Waals surface area contributed by atoms with Crippen molar-refractivity contribution < 1.29 is 23.8 Å². The van der Waals surface area contributed by atoms with Crippen LogP contribution in [-0.4, -0.2) is 32.1 Å². The minimum atomic E-state index is -0.705. The smallest absolute Gasteiger partial charge is 0.338 e. The number of carbonyl (C=O) groups is 2. The third kappa shape index (κ3) is 4.65. The molecule has 0 aromatic heterocycles. The normalized spacial score (nSPS) is 10.2. The van der Waals surface area contributed by atoms with Crippen molar-refractivity contribution in [2.24, 2.45) is 0 Å². The average Bonchev–Trinajstić information content (AvgIpc) is 2.61. The molecule has 0 N–H and O–H groups in total. The molecule has 0 aliphatic heterocycles. The van der Waals surface area contributed by atoms with Crippen molar-refractivity contribution in [1.82, 2.24) is 0 Å². The largest absolute Gasteiger partial charge is 0.493 e. The highest BCUT2D eigenvalue weighted by Crippen LogP contribution is 2.36. The van der Waals surface area contributed by atoms with Crippen LogP contribution in [0.2, 0.25) is 10.0 Å². The van der Waals surface area contributed by atoms with Gasteiger partial charge in [0.05, 0.1) is 29.3 Å². The predicted octanol–water partition coefficient (Wildman–Crippen LogP) is 4.44. The summed E-state index contributed by atoms with van der Waals surface area (Å²) in [5.41, 5.74) is 0.441. The van der Waals surface area contributed by atoms with E-state index in [0.717, 1.165) is 0 Å². The highest BCUT2D eigenvalue weighted by molar-refractivity contribution is 6.34. The minimum Gasteiger partial charge on any atom is -0.493 e. The molecule has 0 saturated carbocycles. The van der Waals surface area contributed by atoms with Crippen molar-refractivity contribution >= 4 is 35.0 Å². The number of rotatable bonds is 7. The number of carbonyl (C=O) groups excluding carboxylic acids is 2. The molecule has 2 aromatic carbocycles. The number of hydrogen-bond donors (Lipinski definition) is 0. The van der Waals surface area contributed by atoms with Crippen LogP contribution in [0.4, 0.5) is 0 Å². The summed E-state index contributed by atoms with van der Waals surface area (Å²) in [4.78, 5) is 24.3. The first-order valence-electron chi connectivity index (χ1n) is 7.43. The van der Waals surface area contributed by atoms with Gasteiger partial charge < -0.3 is 14.2 Å². The van der Waals surface area contributed by atoms with Gasteiger partial charge >= 0.3 is 5.97 Å². The van der Waals surface area contributed by atoms with E-state index in [1.165, 1.54) is 19.2 Å². The Morgan fingerprint density at radius 1 is 1.08 bits per heavy atom. The first-order valence-corrected chi connectivity index (χ1v) is 8.18. The SMILES string of the molecule is CCOc1c(Cl)cc(C(=O)OCC(=O)c2ccccc2Cl)cc1OC. The van der Waals surface area contributed by atoms with Gasteiger partial charge in [-0.1, -0.05) is 35.3 Å². The molecule has 7 heteroatoms. The van der Waals surface area contributed by atoms with Gasteiger partial charge in [0.1, 0.15) is 0 Å². The zero-order chi connectivity index (χ0) is 18.4. The van der Waals surface area contributed by atoms with Crippen LogP contribution in [0.15, 0.2) is 36.4 Å². The number of Topliss-reactive ketones (excluding diaryl/α,β-unsaturated/α-hetero) is 1. The summed E-state index contributed by atoms with van der Waals surface area (Å²) >= 11 is 12.1. The Kier molecular flexibility index (Phi) is 6.67. The van der Waals surface area contributed by atoms with Crippen LogP contribution in [0.5, 0.6) is 11.5 Å². The second kappa shape index (κ2) is 8.74. The third-order valence-corrected chi connectivity index (χ3v) is 3.87. The maximum atomic E-state index is 12.2. The van der Waals surface area contributed by atoms with Crippen LogP contribution in [0.25, 0.3) is 0 Å². The van der Waals surface area contributed by atoms with Gasteiger partial charge in [0.25, 0.3) is 0 Å². The Hall–Kier alpha value is -2.24. The molecule has 0 aliphatic rings. The predicted molar refractivity (Wildman–Crippen MR) is 95.2 cm³/mol. The fraction of sp³-hybridized carbons (Fsp3) is 0.222. The average molecular weight is 383 g/mol. The van der Waals surface area contributed by atoms with Crippen LogP contribution < -0.4 is 9.47 Å². The number of methoxy groups -OCH3 is 1. The van der Waals surface area contributed by atoms with E-state index < -0.39 is 18.4 Å². The van der Waals surface area contributed by atoms with Crippen LogP contribution in [0.1, 0.15) is 27.6 Å². The Morgan fingerprint density at radius 3 is 2.44 bits per heavy atom. The number of benzene rings is 2. The van der Waals surface area contributed by atoms with E-state index >= 15 is 0 Å². The molecule has 2 rings (SSSR count). The highest BCUT2D eigenvalue weighted by Gasteiger charge is 2.18. The summed E-state index contributed by atoms with van der Waals surface area (Å²) in [5, 5.41) is 0.514. The molecular formula is C18H16Cl2O5. The summed E-state index contributed by atoms with van der Waals surface area (Å²) in [6.07, 6.45) is 0. The number of ether oxygens (including phenoxy) is 3. The van der Waals surface area contributed by atoms with Crippen molar-refractivity contribution in [1.29, 1.82) is 0 Å². The van der Waals surface area contributed by atoms with E-state index in [1.807, 2.05) is 0 Å². The van der Waals surface area contributed by atoms with Crippen molar-refractivity contribution in [3.63, 3.8) is 0 Å². The number of halogens is 2. The van der Waals surface area contributed by atoms with Crippen LogP contribution in [0, 0.1) is 0 Å². The highest BCUT2D eigenvalue weighted by atomic mass is 35.5. The molecule has 25 heavy (non-hydrogen) atoms. The standard InChI is InChI=1S/C18H16Cl2O5/c1-3-24-17-14(20)8-11(9-16(17)23-2)18(22)25-10-15(21)12-6-4-5-7-13(12)19/h4-9H,3,10H2,1-2H3. The molecule has 0 spiro atoms. The maximum absolute atomic E-state index is 12.2. The Morgan fingerprint density at radius 2 is 1.80 bits per heavy atom. The molecular weight excluding hydrogens is 367 g/mol. The van der Waals surface area contributed by atoms with Crippen molar-refractivity contribution in [2.45, 2.75) is 6.92 Å². The van der Waals surface area contributed by atoms with Crippen LogP contribution >= 0.6 is 23.2 Å². The van der Waals surface area contributed by atoms with Crippen molar-refractivity contribution in [2.75, 3.05) is 20.3 Å². The molecule has 132 valence electrons. The van der Waals surface area contributed by atoms with E-state index in [2.05, 4.69) is 0 Å². The van der Waals surface area contributed by atoms with Crippen LogP contribution in [0.3, 0.4) is 0 Å². The molecule has 0 amide bonds. The van der Waals surface area contributed by atoms with Gasteiger partial charge in [0, 0.05) is 5.56 Å². The molecule has 0 fully saturated rings. The molecule has 0 unspecified atom stereocenters. The number of hydrogen-bond acceptors (Lipinski definition) is 5. The molecule has 2 aromatic rings. The fourth-order valence-electron chi connectivity index (χ4n) is 2.10. The number of esters is 1. The monoisotopic (exact) mass is 382 g/mol. The molecule has 0 atom stereocenters. The summed E-state index contributed by atoms with van der Waals surface area (Å²) in [6, 6.07) is 9.39. The lowest BCUT2D eigenvalue weighted by Crippen LogP contribution is -2.15. The number of ketones is 1. The zero-order valence-corrected chi connectivity index (χ0v) is 15.2. The van der Waals surface area contributed by atoms with Gasteiger partial charge in [0.15, 0.2) is 18.1 Å². The first-order chi connectivity index (χ1) is 12.0. The van der Waals surface area contributed by atoms with E-state index in [9.17, 15) is 9.59 Å². The summed E-state index contributed by atoms with van der Waals surface area (Å²) < 4.78 is 15.6. The Bertz CT molecular complexity index is 789. The lowest BCUT2D eigenvalue weighted by atomic mass is 10.1. The van der Waals surface area contributed by atoms with Crippen LogP contribution in [-0.2, 0) is 4.74 Å². The molecule has 0 radical (unpaired) electrons. The minimum absolute atomic E-state index is 0.150. The van der Waals surface area contributed by atoms with Gasteiger partial charge in [-0.2, -0.15) is 0 Å². The van der Waals surface area contributed by atoms with E-state index in [1.54, 1.807) is 31.2 Å². The van der Waals surface area contributed by atoms with Gasteiger partial charge in [-0.05, 0) is 31.2 Å². The van der Waals surface area contributed by atoms with Crippen molar-refractivity contribution in [3.05, 3.63) is 57.6 Å². The molecule has 0 heterocycles. The first kappa shape index (κ1) is 19.1. The molecule has 0 bridgehead atoms. The second-order valence-corrected chi connectivity index (χ2v) is 5.72. The van der Waals surface area contributed by atoms with Gasteiger partial charge in [-0.3, -0.25) is 4.79 Å². The topological polar surface area (TPSA) is 61.8 Å².